The van der Waals surface area contributed by atoms with E-state index in [1.165, 1.54) is 0 Å². The fraction of sp³-hybridized carbons (Fsp3) is 0.611. The van der Waals surface area contributed by atoms with Gasteiger partial charge in [-0.1, -0.05) is 0 Å². The first kappa shape index (κ1) is 18.4. The Balaban J connectivity index is 2.08. The van der Waals surface area contributed by atoms with Crippen LogP contribution in [0.3, 0.4) is 0 Å². The molecule has 24 heavy (non-hydrogen) atoms. The molecular weight excluding hydrogens is 308 g/mol. The molecule has 1 heterocycles. The van der Waals surface area contributed by atoms with E-state index in [2.05, 4.69) is 4.90 Å². The van der Waals surface area contributed by atoms with E-state index in [0.29, 0.717) is 18.9 Å². The van der Waals surface area contributed by atoms with Gasteiger partial charge < -0.3 is 24.8 Å². The summed E-state index contributed by atoms with van der Waals surface area (Å²) in [5, 5.41) is 0. The van der Waals surface area contributed by atoms with Gasteiger partial charge in [0, 0.05) is 31.6 Å². The quantitative estimate of drug-likeness (QED) is 0.770. The molecule has 2 unspecified atom stereocenters. The Bertz CT molecular complexity index is 550. The van der Waals surface area contributed by atoms with Gasteiger partial charge in [-0.2, -0.15) is 0 Å². The first-order chi connectivity index (χ1) is 11.6. The van der Waals surface area contributed by atoms with E-state index in [9.17, 15) is 4.79 Å². The van der Waals surface area contributed by atoms with E-state index in [1.807, 2.05) is 25.1 Å². The van der Waals surface area contributed by atoms with Crippen molar-refractivity contribution in [1.29, 1.82) is 0 Å². The maximum Gasteiger partial charge on any atom is 0.305 e. The topological polar surface area (TPSA) is 74.0 Å². The van der Waals surface area contributed by atoms with E-state index in [1.54, 1.807) is 14.2 Å². The number of benzene rings is 1. The van der Waals surface area contributed by atoms with Gasteiger partial charge in [0.15, 0.2) is 0 Å². The zero-order valence-corrected chi connectivity index (χ0v) is 14.8. The molecule has 0 aliphatic carbocycles. The van der Waals surface area contributed by atoms with Crippen LogP contribution >= 0.6 is 0 Å². The molecule has 0 amide bonds. The molecule has 2 atom stereocenters. The van der Waals surface area contributed by atoms with E-state index in [0.717, 1.165) is 43.1 Å². The van der Waals surface area contributed by atoms with Crippen molar-refractivity contribution in [3.8, 4) is 11.5 Å². The highest BCUT2D eigenvalue weighted by Gasteiger charge is 2.27. The lowest BCUT2D eigenvalue weighted by Crippen LogP contribution is -2.47. The van der Waals surface area contributed by atoms with Gasteiger partial charge in [-0.3, -0.25) is 4.79 Å². The molecule has 134 valence electrons. The molecule has 1 aliphatic heterocycles. The molecule has 0 aromatic heterocycles. The number of carbonyl (C=O) groups is 1. The van der Waals surface area contributed by atoms with Crippen LogP contribution in [0.4, 0.5) is 5.69 Å². The summed E-state index contributed by atoms with van der Waals surface area (Å²) < 4.78 is 15.8. The van der Waals surface area contributed by atoms with Crippen LogP contribution in [0.15, 0.2) is 18.2 Å². The van der Waals surface area contributed by atoms with Gasteiger partial charge in [0.2, 0.25) is 0 Å². The molecule has 0 spiro atoms. The summed E-state index contributed by atoms with van der Waals surface area (Å²) in [6.45, 7) is 3.86. The zero-order valence-electron chi connectivity index (χ0n) is 14.8. The monoisotopic (exact) mass is 336 g/mol. The highest BCUT2D eigenvalue weighted by atomic mass is 16.5. The van der Waals surface area contributed by atoms with E-state index >= 15 is 0 Å². The average molecular weight is 336 g/mol. The van der Waals surface area contributed by atoms with Crippen LogP contribution in [-0.2, 0) is 9.53 Å². The van der Waals surface area contributed by atoms with Crippen molar-refractivity contribution in [2.75, 3.05) is 38.8 Å². The van der Waals surface area contributed by atoms with E-state index in [4.69, 9.17) is 19.9 Å². The lowest BCUT2D eigenvalue weighted by Gasteiger charge is -2.38. The number of nitrogens with two attached hydrogens (primary N) is 1. The number of hydrogen-bond donors (Lipinski definition) is 1. The predicted molar refractivity (Wildman–Crippen MR) is 93.7 cm³/mol. The number of carbonyl (C=O) groups excluding carboxylic acids is 1. The summed E-state index contributed by atoms with van der Waals surface area (Å²) in [6.07, 6.45) is 2.14. The molecule has 1 aliphatic rings. The number of methoxy groups -OCH3 is 2. The molecule has 1 aromatic carbocycles. The third-order valence-electron chi connectivity index (χ3n) is 4.36. The first-order valence-electron chi connectivity index (χ1n) is 8.45. The van der Waals surface area contributed by atoms with Crippen molar-refractivity contribution in [3.05, 3.63) is 18.2 Å². The summed E-state index contributed by atoms with van der Waals surface area (Å²) in [5.74, 6) is 1.80. The van der Waals surface area contributed by atoms with Crippen LogP contribution in [0.1, 0.15) is 26.2 Å². The maximum absolute atomic E-state index is 11.6. The molecule has 1 saturated heterocycles. The number of ether oxygens (including phenoxy) is 3. The predicted octanol–water partition coefficient (Wildman–Crippen LogP) is 2.20. The van der Waals surface area contributed by atoms with Crippen LogP contribution in [0.25, 0.3) is 0 Å². The molecule has 6 heteroatoms. The van der Waals surface area contributed by atoms with Gasteiger partial charge in [0.05, 0.1) is 26.5 Å². The highest BCUT2D eigenvalue weighted by Crippen LogP contribution is 2.35. The van der Waals surface area contributed by atoms with Gasteiger partial charge >= 0.3 is 5.97 Å². The number of esters is 1. The minimum atomic E-state index is -0.137. The molecule has 0 radical (unpaired) electrons. The average Bonchev–Trinajstić information content (AvgIpc) is 2.59. The molecule has 0 saturated carbocycles. The van der Waals surface area contributed by atoms with Crippen molar-refractivity contribution in [1.82, 2.24) is 0 Å². The second-order valence-corrected chi connectivity index (χ2v) is 6.15. The zero-order chi connectivity index (χ0) is 17.5. The summed E-state index contributed by atoms with van der Waals surface area (Å²) >= 11 is 0. The number of nitrogens with zero attached hydrogens (tertiary/aromatic N) is 1. The van der Waals surface area contributed by atoms with Gasteiger partial charge in [0.25, 0.3) is 0 Å². The van der Waals surface area contributed by atoms with E-state index in [-0.39, 0.29) is 12.0 Å². The fourth-order valence-electron chi connectivity index (χ4n) is 3.25. The van der Waals surface area contributed by atoms with Crippen molar-refractivity contribution >= 4 is 11.7 Å². The van der Waals surface area contributed by atoms with Crippen molar-refractivity contribution in [2.45, 2.75) is 32.2 Å². The summed E-state index contributed by atoms with van der Waals surface area (Å²) in [5.41, 5.74) is 7.23. The molecule has 0 bridgehead atoms. The maximum atomic E-state index is 11.6. The van der Waals surface area contributed by atoms with Gasteiger partial charge in [-0.15, -0.1) is 0 Å². The normalized spacial score (nSPS) is 20.6. The Kier molecular flexibility index (Phi) is 6.73. The van der Waals surface area contributed by atoms with E-state index < -0.39 is 0 Å². The minimum Gasteiger partial charge on any atom is -0.497 e. The Labute approximate surface area is 143 Å². The van der Waals surface area contributed by atoms with Gasteiger partial charge in [0.1, 0.15) is 11.5 Å². The Morgan fingerprint density at radius 1 is 1.29 bits per heavy atom. The largest absolute Gasteiger partial charge is 0.497 e. The third-order valence-corrected chi connectivity index (χ3v) is 4.36. The van der Waals surface area contributed by atoms with Crippen molar-refractivity contribution in [2.24, 2.45) is 11.7 Å². The Hall–Kier alpha value is -1.95. The summed E-state index contributed by atoms with van der Waals surface area (Å²) in [4.78, 5) is 13.8. The minimum absolute atomic E-state index is 0.0712. The second-order valence-electron chi connectivity index (χ2n) is 6.15. The summed E-state index contributed by atoms with van der Waals surface area (Å²) in [6, 6.07) is 5.83. The molecule has 1 fully saturated rings. The van der Waals surface area contributed by atoms with Crippen LogP contribution in [-0.4, -0.2) is 45.9 Å². The third kappa shape index (κ3) is 4.77. The lowest BCUT2D eigenvalue weighted by molar-refractivity contribution is -0.143. The highest BCUT2D eigenvalue weighted by molar-refractivity contribution is 5.69. The van der Waals surface area contributed by atoms with Crippen LogP contribution in [0.5, 0.6) is 11.5 Å². The van der Waals surface area contributed by atoms with Crippen LogP contribution in [0, 0.1) is 5.92 Å². The lowest BCUT2D eigenvalue weighted by atomic mass is 9.90. The van der Waals surface area contributed by atoms with Gasteiger partial charge in [-0.05, 0) is 37.8 Å². The fourth-order valence-corrected chi connectivity index (χ4v) is 3.25. The Morgan fingerprint density at radius 3 is 2.75 bits per heavy atom. The number of piperidine rings is 1. The smallest absolute Gasteiger partial charge is 0.305 e. The standard InChI is InChI=1S/C18H28N2O4/c1-4-24-18(21)8-5-13-9-14(19)12-20(11-13)16-10-15(22-2)6-7-17(16)23-3/h6-7,10,13-14H,4-5,8-9,11-12,19H2,1-3H3. The van der Waals surface area contributed by atoms with Gasteiger partial charge in [-0.25, -0.2) is 0 Å². The molecule has 1 aromatic rings. The number of anilines is 1. The van der Waals surface area contributed by atoms with Crippen LogP contribution < -0.4 is 20.1 Å². The SMILES string of the molecule is CCOC(=O)CCC1CC(N)CN(c2cc(OC)ccc2OC)C1. The Morgan fingerprint density at radius 2 is 2.08 bits per heavy atom. The van der Waals surface area contributed by atoms with Crippen LogP contribution in [0.2, 0.25) is 0 Å². The molecular formula is C18H28N2O4. The first-order valence-corrected chi connectivity index (χ1v) is 8.45. The number of rotatable bonds is 7. The summed E-state index contributed by atoms with van der Waals surface area (Å²) in [7, 11) is 3.31. The number of hydrogen-bond acceptors (Lipinski definition) is 6. The second kappa shape index (κ2) is 8.78. The molecule has 2 rings (SSSR count). The molecule has 6 nitrogen and oxygen atoms in total. The van der Waals surface area contributed by atoms with Crippen molar-refractivity contribution < 1.29 is 19.0 Å². The van der Waals surface area contributed by atoms with Crippen molar-refractivity contribution in [3.63, 3.8) is 0 Å². The molecule has 2 N–H and O–H groups in total.